The van der Waals surface area contributed by atoms with E-state index in [-0.39, 0.29) is 0 Å². The van der Waals surface area contributed by atoms with Crippen molar-refractivity contribution in [3.8, 4) is 0 Å². The van der Waals surface area contributed by atoms with Gasteiger partial charge in [-0.2, -0.15) is 0 Å². The number of nitrogens with two attached hydrogens (primary N) is 2. The zero-order chi connectivity index (χ0) is 15.1. The van der Waals surface area contributed by atoms with E-state index in [4.69, 9.17) is 11.5 Å². The lowest BCUT2D eigenvalue weighted by Gasteiger charge is -2.20. The van der Waals surface area contributed by atoms with Crippen molar-refractivity contribution in [2.24, 2.45) is 0 Å². The van der Waals surface area contributed by atoms with Crippen LogP contribution in [0.2, 0.25) is 0 Å². The van der Waals surface area contributed by atoms with Crippen molar-refractivity contribution in [3.63, 3.8) is 0 Å². The van der Waals surface area contributed by atoms with Gasteiger partial charge >= 0.3 is 0 Å². The Morgan fingerprint density at radius 3 is 2.50 bits per heavy atom. The summed E-state index contributed by atoms with van der Waals surface area (Å²) in [5.74, 6) is 0. The van der Waals surface area contributed by atoms with E-state index in [1.165, 1.54) is 11.1 Å². The standard InChI is InChI=1S/C17H27N3/c1-13(2)6-5-7-14(3)10-11-20(4)17-12-15(18)8-9-16(17)19/h6,8-10,12H,5,7,11,18-19H2,1-4H3. The van der Waals surface area contributed by atoms with Gasteiger partial charge in [-0.1, -0.05) is 23.3 Å². The molecular weight excluding hydrogens is 246 g/mol. The average Bonchev–Trinajstić information content (AvgIpc) is 2.38. The van der Waals surface area contributed by atoms with Crippen LogP contribution in [0.15, 0.2) is 41.5 Å². The summed E-state index contributed by atoms with van der Waals surface area (Å²) in [5.41, 5.74) is 17.1. The highest BCUT2D eigenvalue weighted by atomic mass is 15.1. The quantitative estimate of drug-likeness (QED) is 0.609. The molecule has 0 unspecified atom stereocenters. The summed E-state index contributed by atoms with van der Waals surface area (Å²) in [6.07, 6.45) is 6.73. The average molecular weight is 273 g/mol. The Morgan fingerprint density at radius 2 is 1.85 bits per heavy atom. The fraction of sp³-hybridized carbons (Fsp3) is 0.412. The second-order valence-corrected chi connectivity index (χ2v) is 5.57. The number of anilines is 3. The third kappa shape index (κ3) is 5.39. The van der Waals surface area contributed by atoms with Gasteiger partial charge in [-0.25, -0.2) is 0 Å². The number of nitrogens with zero attached hydrogens (tertiary/aromatic N) is 1. The summed E-state index contributed by atoms with van der Waals surface area (Å²) in [4.78, 5) is 2.12. The highest BCUT2D eigenvalue weighted by molar-refractivity contribution is 5.72. The van der Waals surface area contributed by atoms with Gasteiger partial charge in [0.2, 0.25) is 0 Å². The van der Waals surface area contributed by atoms with E-state index in [0.29, 0.717) is 0 Å². The minimum atomic E-state index is 0.741. The summed E-state index contributed by atoms with van der Waals surface area (Å²) in [7, 11) is 2.03. The first-order valence-corrected chi connectivity index (χ1v) is 7.05. The van der Waals surface area contributed by atoms with Gasteiger partial charge in [0.1, 0.15) is 0 Å². The first-order chi connectivity index (χ1) is 9.40. The van der Waals surface area contributed by atoms with E-state index < -0.39 is 0 Å². The van der Waals surface area contributed by atoms with E-state index in [1.54, 1.807) is 0 Å². The summed E-state index contributed by atoms with van der Waals surface area (Å²) in [6, 6.07) is 5.60. The van der Waals surface area contributed by atoms with Crippen molar-refractivity contribution in [1.29, 1.82) is 0 Å². The van der Waals surface area contributed by atoms with Gasteiger partial charge in [-0.15, -0.1) is 0 Å². The monoisotopic (exact) mass is 273 g/mol. The molecule has 3 nitrogen and oxygen atoms in total. The lowest BCUT2D eigenvalue weighted by Crippen LogP contribution is -2.18. The van der Waals surface area contributed by atoms with Crippen molar-refractivity contribution in [2.75, 3.05) is 30.0 Å². The van der Waals surface area contributed by atoms with E-state index >= 15 is 0 Å². The van der Waals surface area contributed by atoms with Crippen molar-refractivity contribution in [1.82, 2.24) is 0 Å². The van der Waals surface area contributed by atoms with Gasteiger partial charge in [0.25, 0.3) is 0 Å². The van der Waals surface area contributed by atoms with Crippen molar-refractivity contribution in [3.05, 3.63) is 41.5 Å². The van der Waals surface area contributed by atoms with Crippen LogP contribution in [0.5, 0.6) is 0 Å². The molecule has 0 aromatic heterocycles. The Balaban J connectivity index is 2.59. The van der Waals surface area contributed by atoms with Gasteiger partial charge in [0.05, 0.1) is 11.4 Å². The van der Waals surface area contributed by atoms with Crippen molar-refractivity contribution in [2.45, 2.75) is 33.6 Å². The molecule has 1 rings (SSSR count). The minimum absolute atomic E-state index is 0.741. The van der Waals surface area contributed by atoms with E-state index in [0.717, 1.165) is 36.4 Å². The summed E-state index contributed by atoms with van der Waals surface area (Å²) in [5, 5.41) is 0. The fourth-order valence-electron chi connectivity index (χ4n) is 1.97. The molecule has 0 aliphatic rings. The molecule has 0 amide bonds. The lowest BCUT2D eigenvalue weighted by molar-refractivity contribution is 0.941. The molecule has 4 N–H and O–H groups in total. The molecule has 0 radical (unpaired) electrons. The van der Waals surface area contributed by atoms with Crippen LogP contribution < -0.4 is 16.4 Å². The maximum atomic E-state index is 5.98. The van der Waals surface area contributed by atoms with Crippen LogP contribution >= 0.6 is 0 Å². The number of nitrogen functional groups attached to an aromatic ring is 2. The van der Waals surface area contributed by atoms with Crippen LogP contribution in [0.25, 0.3) is 0 Å². The molecule has 3 heteroatoms. The van der Waals surface area contributed by atoms with Crippen molar-refractivity contribution < 1.29 is 0 Å². The molecule has 0 heterocycles. The van der Waals surface area contributed by atoms with Crippen LogP contribution in [-0.4, -0.2) is 13.6 Å². The molecule has 0 spiro atoms. The molecule has 0 saturated heterocycles. The van der Waals surface area contributed by atoms with Gasteiger partial charge in [-0.05, 0) is 51.8 Å². The molecule has 20 heavy (non-hydrogen) atoms. The molecule has 1 aromatic carbocycles. The maximum absolute atomic E-state index is 5.98. The second-order valence-electron chi connectivity index (χ2n) is 5.57. The number of allylic oxidation sites excluding steroid dienone is 3. The SMILES string of the molecule is CC(C)=CCCC(C)=CCN(C)c1cc(N)ccc1N. The van der Waals surface area contributed by atoms with Crippen LogP contribution in [0, 0.1) is 0 Å². The molecule has 110 valence electrons. The maximum Gasteiger partial charge on any atom is 0.0620 e. The summed E-state index contributed by atoms with van der Waals surface area (Å²) < 4.78 is 0. The van der Waals surface area contributed by atoms with E-state index in [1.807, 2.05) is 25.2 Å². The molecule has 1 aromatic rings. The predicted molar refractivity (Wildman–Crippen MR) is 91.0 cm³/mol. The Hall–Kier alpha value is -1.90. The Bertz CT molecular complexity index is 497. The number of hydrogen-bond donors (Lipinski definition) is 2. The normalized spacial score (nSPS) is 11.3. The second kappa shape index (κ2) is 7.63. The molecule has 0 fully saturated rings. The third-order valence-electron chi connectivity index (χ3n) is 3.27. The van der Waals surface area contributed by atoms with Crippen LogP contribution in [-0.2, 0) is 0 Å². The topological polar surface area (TPSA) is 55.3 Å². The summed E-state index contributed by atoms with van der Waals surface area (Å²) >= 11 is 0. The van der Waals surface area contributed by atoms with Gasteiger partial charge < -0.3 is 16.4 Å². The fourth-order valence-corrected chi connectivity index (χ4v) is 1.97. The van der Waals surface area contributed by atoms with E-state index in [2.05, 4.69) is 37.8 Å². The van der Waals surface area contributed by atoms with E-state index in [9.17, 15) is 0 Å². The molecule has 0 aliphatic heterocycles. The number of rotatable bonds is 6. The number of hydrogen-bond acceptors (Lipinski definition) is 3. The Kier molecular flexibility index (Phi) is 6.16. The van der Waals surface area contributed by atoms with Gasteiger partial charge in [0.15, 0.2) is 0 Å². The largest absolute Gasteiger partial charge is 0.399 e. The zero-order valence-corrected chi connectivity index (χ0v) is 13.1. The molecule has 0 bridgehead atoms. The number of benzene rings is 1. The predicted octanol–water partition coefficient (Wildman–Crippen LogP) is 3.98. The first kappa shape index (κ1) is 16.2. The number of likely N-dealkylation sites (N-methyl/N-ethyl adjacent to an activating group) is 1. The van der Waals surface area contributed by atoms with Gasteiger partial charge in [0, 0.05) is 19.3 Å². The smallest absolute Gasteiger partial charge is 0.0620 e. The highest BCUT2D eigenvalue weighted by Gasteiger charge is 2.04. The first-order valence-electron chi connectivity index (χ1n) is 7.05. The third-order valence-corrected chi connectivity index (χ3v) is 3.27. The van der Waals surface area contributed by atoms with Crippen LogP contribution in [0.1, 0.15) is 33.6 Å². The van der Waals surface area contributed by atoms with Crippen LogP contribution in [0.3, 0.4) is 0 Å². The van der Waals surface area contributed by atoms with Crippen molar-refractivity contribution >= 4 is 17.1 Å². The Labute approximate surface area is 123 Å². The molecular formula is C17H27N3. The summed E-state index contributed by atoms with van der Waals surface area (Å²) in [6.45, 7) is 7.29. The van der Waals surface area contributed by atoms with Gasteiger partial charge in [-0.3, -0.25) is 0 Å². The minimum Gasteiger partial charge on any atom is -0.399 e. The lowest BCUT2D eigenvalue weighted by atomic mass is 10.1. The molecule has 0 aliphatic carbocycles. The van der Waals surface area contributed by atoms with Crippen LogP contribution in [0.4, 0.5) is 17.1 Å². The molecule has 0 atom stereocenters. The zero-order valence-electron chi connectivity index (χ0n) is 13.1. The Morgan fingerprint density at radius 1 is 1.15 bits per heavy atom. The highest BCUT2D eigenvalue weighted by Crippen LogP contribution is 2.24. The molecule has 0 saturated carbocycles.